The first-order valence-electron chi connectivity index (χ1n) is 8.78. The van der Waals surface area contributed by atoms with Crippen LogP contribution in [-0.2, 0) is 0 Å². The lowest BCUT2D eigenvalue weighted by Crippen LogP contribution is -2.42. The van der Waals surface area contributed by atoms with Gasteiger partial charge in [-0.1, -0.05) is 72.5 Å². The maximum Gasteiger partial charge on any atom is 0.123 e. The van der Waals surface area contributed by atoms with Crippen molar-refractivity contribution < 1.29 is 8.78 Å². The van der Waals surface area contributed by atoms with Crippen molar-refractivity contribution in [3.05, 3.63) is 71.8 Å². The predicted octanol–water partition coefficient (Wildman–Crippen LogP) is 5.44. The topological polar surface area (TPSA) is 0 Å². The van der Waals surface area contributed by atoms with E-state index in [0.29, 0.717) is 0 Å². The van der Waals surface area contributed by atoms with Gasteiger partial charge >= 0.3 is 0 Å². The van der Waals surface area contributed by atoms with E-state index < -0.39 is 16.1 Å². The van der Waals surface area contributed by atoms with Crippen molar-refractivity contribution >= 4 is 26.5 Å². The second-order valence-corrected chi connectivity index (χ2v) is 17.7. The molecule has 0 aliphatic carbocycles. The van der Waals surface area contributed by atoms with Gasteiger partial charge in [-0.15, -0.1) is 0 Å². The number of allylic oxidation sites excluding steroid dienone is 2. The molecule has 2 aromatic rings. The molecule has 0 saturated heterocycles. The number of hydrogen-bond donors (Lipinski definition) is 0. The summed E-state index contributed by atoms with van der Waals surface area (Å²) in [7, 11) is -3.22. The SMILES string of the molecule is C/C(=C\C[Si](C)(C)c1ccc(F)cc1)C[Si](C)(C)c1ccc(F)cc1. The number of halogens is 2. The molecule has 0 heterocycles. The predicted molar refractivity (Wildman–Crippen MR) is 110 cm³/mol. The zero-order chi connectivity index (χ0) is 18.7. The zero-order valence-electron chi connectivity index (χ0n) is 15.9. The van der Waals surface area contributed by atoms with Crippen molar-refractivity contribution in [1.82, 2.24) is 0 Å². The molecule has 25 heavy (non-hydrogen) atoms. The summed E-state index contributed by atoms with van der Waals surface area (Å²) in [4.78, 5) is 0. The highest BCUT2D eigenvalue weighted by Gasteiger charge is 2.25. The molecular weight excluding hydrogens is 346 g/mol. The summed E-state index contributed by atoms with van der Waals surface area (Å²) in [5.74, 6) is -0.347. The molecule has 0 radical (unpaired) electrons. The third kappa shape index (κ3) is 5.48. The van der Waals surface area contributed by atoms with E-state index in [0.717, 1.165) is 12.1 Å². The lowest BCUT2D eigenvalue weighted by Gasteiger charge is -2.25. The highest BCUT2D eigenvalue weighted by Crippen LogP contribution is 2.20. The van der Waals surface area contributed by atoms with E-state index in [-0.39, 0.29) is 11.6 Å². The van der Waals surface area contributed by atoms with E-state index in [1.54, 1.807) is 24.3 Å². The van der Waals surface area contributed by atoms with Crippen LogP contribution >= 0.6 is 0 Å². The number of benzene rings is 2. The van der Waals surface area contributed by atoms with E-state index in [9.17, 15) is 8.78 Å². The van der Waals surface area contributed by atoms with Crippen LogP contribution in [0.15, 0.2) is 60.2 Å². The smallest absolute Gasteiger partial charge is 0.123 e. The third-order valence-corrected chi connectivity index (χ3v) is 11.4. The first kappa shape index (κ1) is 19.8. The molecule has 0 aliphatic rings. The van der Waals surface area contributed by atoms with Crippen LogP contribution in [-0.4, -0.2) is 16.1 Å². The van der Waals surface area contributed by atoms with Gasteiger partial charge in [0.1, 0.15) is 11.6 Å². The first-order valence-corrected chi connectivity index (χ1v) is 15.2. The van der Waals surface area contributed by atoms with Gasteiger partial charge in [-0.3, -0.25) is 0 Å². The Balaban J connectivity index is 2.07. The Hall–Kier alpha value is -1.53. The van der Waals surface area contributed by atoms with Crippen molar-refractivity contribution in [2.24, 2.45) is 0 Å². The molecule has 2 aromatic carbocycles. The van der Waals surface area contributed by atoms with Crippen molar-refractivity contribution in [3.63, 3.8) is 0 Å². The van der Waals surface area contributed by atoms with E-state index in [1.165, 1.54) is 15.9 Å². The number of hydrogen-bond acceptors (Lipinski definition) is 0. The highest BCUT2D eigenvalue weighted by atomic mass is 28.3. The summed E-state index contributed by atoms with van der Waals surface area (Å²) in [6.07, 6.45) is 2.37. The highest BCUT2D eigenvalue weighted by molar-refractivity contribution is 6.90. The van der Waals surface area contributed by atoms with Crippen LogP contribution in [0.4, 0.5) is 8.78 Å². The van der Waals surface area contributed by atoms with Gasteiger partial charge in [0.25, 0.3) is 0 Å². The van der Waals surface area contributed by atoms with Gasteiger partial charge in [0.05, 0.1) is 16.1 Å². The van der Waals surface area contributed by atoms with Crippen LogP contribution in [0.1, 0.15) is 6.92 Å². The molecule has 0 fully saturated rings. The fourth-order valence-electron chi connectivity index (χ4n) is 3.22. The van der Waals surface area contributed by atoms with Gasteiger partial charge in [-0.2, -0.15) is 0 Å². The molecule has 0 amide bonds. The maximum absolute atomic E-state index is 13.2. The Bertz CT molecular complexity index is 729. The van der Waals surface area contributed by atoms with Gasteiger partial charge in [0.2, 0.25) is 0 Å². The summed E-state index contributed by atoms with van der Waals surface area (Å²) < 4.78 is 26.3. The molecule has 0 unspecified atom stereocenters. The fraction of sp³-hybridized carbons (Fsp3) is 0.333. The van der Waals surface area contributed by atoms with Gasteiger partial charge in [0.15, 0.2) is 0 Å². The van der Waals surface area contributed by atoms with E-state index in [4.69, 9.17) is 0 Å². The Morgan fingerprint density at radius 1 is 0.760 bits per heavy atom. The van der Waals surface area contributed by atoms with E-state index in [2.05, 4.69) is 39.2 Å². The minimum absolute atomic E-state index is 0.173. The lowest BCUT2D eigenvalue weighted by atomic mass is 10.3. The van der Waals surface area contributed by atoms with E-state index in [1.807, 2.05) is 24.3 Å². The molecule has 0 aromatic heterocycles. The Morgan fingerprint density at radius 2 is 1.16 bits per heavy atom. The maximum atomic E-state index is 13.2. The second-order valence-electron chi connectivity index (χ2n) is 8.21. The Labute approximate surface area is 152 Å². The molecule has 0 N–H and O–H groups in total. The molecular formula is C21H28F2Si2. The lowest BCUT2D eigenvalue weighted by molar-refractivity contribution is 0.628. The van der Waals surface area contributed by atoms with Gasteiger partial charge in [-0.25, -0.2) is 8.78 Å². The van der Waals surface area contributed by atoms with Crippen molar-refractivity contribution in [3.8, 4) is 0 Å². The van der Waals surface area contributed by atoms with Gasteiger partial charge < -0.3 is 0 Å². The molecule has 4 heteroatoms. The molecule has 0 aliphatic heterocycles. The molecule has 0 nitrogen and oxygen atoms in total. The quantitative estimate of drug-likeness (QED) is 0.466. The molecule has 134 valence electrons. The average molecular weight is 375 g/mol. The largest absolute Gasteiger partial charge is 0.207 e. The standard InChI is InChI=1S/C21H28F2Si2/c1-17(16-25(4,5)21-12-8-19(23)9-13-21)14-15-24(2,3)20-10-6-18(22)7-11-20/h6-14H,15-16H2,1-5H3/b17-14+. The number of rotatable bonds is 6. The van der Waals surface area contributed by atoms with E-state index >= 15 is 0 Å². The summed E-state index contributed by atoms with van der Waals surface area (Å²) in [5, 5.41) is 2.57. The molecule has 0 spiro atoms. The fourth-order valence-corrected chi connectivity index (χ4v) is 8.20. The van der Waals surface area contributed by atoms with Crippen LogP contribution in [0.2, 0.25) is 38.3 Å². The van der Waals surface area contributed by atoms with Gasteiger partial charge in [0, 0.05) is 0 Å². The monoisotopic (exact) mass is 374 g/mol. The van der Waals surface area contributed by atoms with Crippen molar-refractivity contribution in [2.45, 2.75) is 45.2 Å². The van der Waals surface area contributed by atoms with Crippen LogP contribution in [0, 0.1) is 11.6 Å². The summed E-state index contributed by atoms with van der Waals surface area (Å²) >= 11 is 0. The molecule has 0 saturated carbocycles. The second kappa shape index (κ2) is 7.79. The summed E-state index contributed by atoms with van der Waals surface area (Å²) in [6, 6.07) is 16.1. The van der Waals surface area contributed by atoms with Gasteiger partial charge in [-0.05, 0) is 43.3 Å². The Kier molecular flexibility index (Phi) is 6.17. The van der Waals surface area contributed by atoms with Crippen molar-refractivity contribution in [2.75, 3.05) is 0 Å². The molecule has 2 rings (SSSR count). The van der Waals surface area contributed by atoms with Crippen LogP contribution < -0.4 is 10.4 Å². The van der Waals surface area contributed by atoms with Crippen LogP contribution in [0.25, 0.3) is 0 Å². The van der Waals surface area contributed by atoms with Crippen LogP contribution in [0.3, 0.4) is 0 Å². The van der Waals surface area contributed by atoms with Crippen molar-refractivity contribution in [1.29, 1.82) is 0 Å². The zero-order valence-corrected chi connectivity index (χ0v) is 17.9. The first-order chi connectivity index (χ1) is 11.6. The minimum Gasteiger partial charge on any atom is -0.207 e. The third-order valence-electron chi connectivity index (χ3n) is 4.93. The van der Waals surface area contributed by atoms with Crippen LogP contribution in [0.5, 0.6) is 0 Å². The molecule has 0 bridgehead atoms. The Morgan fingerprint density at radius 3 is 1.60 bits per heavy atom. The summed E-state index contributed by atoms with van der Waals surface area (Å²) in [5.41, 5.74) is 1.41. The normalized spacial score (nSPS) is 13.2. The molecule has 0 atom stereocenters. The average Bonchev–Trinajstić information content (AvgIpc) is 2.53. The minimum atomic E-state index is -1.62. The summed E-state index contributed by atoms with van der Waals surface area (Å²) in [6.45, 7) is 11.5.